The summed E-state index contributed by atoms with van der Waals surface area (Å²) in [4.78, 5) is 27.5. The molecule has 1 fully saturated rings. The van der Waals surface area contributed by atoms with E-state index >= 15 is 0 Å². The number of fused-ring (bicyclic) bond motifs is 1. The molecule has 7 nitrogen and oxygen atoms in total. The van der Waals surface area contributed by atoms with Crippen molar-refractivity contribution < 1.29 is 14.3 Å². The van der Waals surface area contributed by atoms with E-state index in [0.29, 0.717) is 50.8 Å². The van der Waals surface area contributed by atoms with Crippen molar-refractivity contribution >= 4 is 34.5 Å². The quantitative estimate of drug-likeness (QED) is 0.835. The van der Waals surface area contributed by atoms with Crippen molar-refractivity contribution in [1.82, 2.24) is 19.6 Å². The first-order valence-electron chi connectivity index (χ1n) is 8.39. The van der Waals surface area contributed by atoms with Crippen LogP contribution in [0.4, 0.5) is 4.79 Å². The van der Waals surface area contributed by atoms with Gasteiger partial charge in [0.2, 0.25) is 5.91 Å². The van der Waals surface area contributed by atoms with E-state index in [1.165, 1.54) is 0 Å². The van der Waals surface area contributed by atoms with Crippen LogP contribution in [0.25, 0.3) is 10.9 Å². The van der Waals surface area contributed by atoms with Crippen molar-refractivity contribution in [3.05, 3.63) is 29.4 Å². The number of hydrogen-bond acceptors (Lipinski definition) is 4. The van der Waals surface area contributed by atoms with Gasteiger partial charge in [0, 0.05) is 38.0 Å². The second-order valence-corrected chi connectivity index (χ2v) is 6.26. The summed E-state index contributed by atoms with van der Waals surface area (Å²) < 4.78 is 6.78. The summed E-state index contributed by atoms with van der Waals surface area (Å²) in [5.41, 5.74) is 0.924. The molecule has 0 aliphatic carbocycles. The first kappa shape index (κ1) is 17.5. The van der Waals surface area contributed by atoms with Gasteiger partial charge in [-0.05, 0) is 19.1 Å². The molecule has 2 amide bonds. The first-order valence-corrected chi connectivity index (χ1v) is 8.77. The molecule has 3 rings (SSSR count). The lowest BCUT2D eigenvalue weighted by Crippen LogP contribution is -2.50. The molecule has 2 heterocycles. The molecule has 0 spiro atoms. The lowest BCUT2D eigenvalue weighted by atomic mass is 10.2. The smallest absolute Gasteiger partial charge is 0.409 e. The van der Waals surface area contributed by atoms with E-state index in [4.69, 9.17) is 16.3 Å². The minimum Gasteiger partial charge on any atom is -0.450 e. The monoisotopic (exact) mass is 364 g/mol. The van der Waals surface area contributed by atoms with E-state index in [9.17, 15) is 9.59 Å². The molecule has 1 aromatic carbocycles. The normalized spacial score (nSPS) is 14.8. The summed E-state index contributed by atoms with van der Waals surface area (Å²) >= 11 is 6.15. The van der Waals surface area contributed by atoms with Gasteiger partial charge in [0.25, 0.3) is 0 Å². The van der Waals surface area contributed by atoms with E-state index in [-0.39, 0.29) is 12.0 Å². The van der Waals surface area contributed by atoms with Crippen molar-refractivity contribution in [3.8, 4) is 0 Å². The zero-order valence-corrected chi connectivity index (χ0v) is 14.9. The minimum absolute atomic E-state index is 0.0641. The van der Waals surface area contributed by atoms with Gasteiger partial charge in [-0.15, -0.1) is 0 Å². The van der Waals surface area contributed by atoms with Gasteiger partial charge in [-0.1, -0.05) is 17.7 Å². The fourth-order valence-corrected chi connectivity index (χ4v) is 3.18. The number of carbonyl (C=O) groups is 2. The number of benzene rings is 1. The van der Waals surface area contributed by atoms with Crippen LogP contribution in [0.2, 0.25) is 5.02 Å². The van der Waals surface area contributed by atoms with Gasteiger partial charge in [-0.2, -0.15) is 5.10 Å². The van der Waals surface area contributed by atoms with E-state index in [0.717, 1.165) is 10.9 Å². The lowest BCUT2D eigenvalue weighted by Gasteiger charge is -2.34. The van der Waals surface area contributed by atoms with Crippen LogP contribution in [0, 0.1) is 0 Å². The Balaban J connectivity index is 1.53. The van der Waals surface area contributed by atoms with Crippen LogP contribution in [-0.4, -0.2) is 64.4 Å². The van der Waals surface area contributed by atoms with Gasteiger partial charge in [-0.25, -0.2) is 4.79 Å². The zero-order valence-electron chi connectivity index (χ0n) is 14.2. The number of halogens is 1. The molecule has 134 valence electrons. The Labute approximate surface area is 151 Å². The highest BCUT2D eigenvalue weighted by Gasteiger charge is 2.24. The molecule has 1 aliphatic rings. The Bertz CT molecular complexity index is 768. The number of aromatic nitrogens is 2. The van der Waals surface area contributed by atoms with E-state index in [1.807, 2.05) is 18.2 Å². The second kappa shape index (κ2) is 7.74. The number of amides is 2. The van der Waals surface area contributed by atoms with E-state index in [1.54, 1.807) is 27.6 Å². The van der Waals surface area contributed by atoms with E-state index in [2.05, 4.69) is 5.10 Å². The summed E-state index contributed by atoms with van der Waals surface area (Å²) in [6.07, 6.45) is 1.78. The predicted octanol–water partition coefficient (Wildman–Crippen LogP) is 2.38. The van der Waals surface area contributed by atoms with Gasteiger partial charge < -0.3 is 14.5 Å². The Hall–Kier alpha value is -2.28. The number of rotatable bonds is 4. The molecule has 8 heteroatoms. The van der Waals surface area contributed by atoms with Crippen LogP contribution in [0.3, 0.4) is 0 Å². The third kappa shape index (κ3) is 3.87. The van der Waals surface area contributed by atoms with Crippen molar-refractivity contribution in [2.75, 3.05) is 32.8 Å². The highest BCUT2D eigenvalue weighted by Crippen LogP contribution is 2.22. The van der Waals surface area contributed by atoms with Crippen LogP contribution in [0.5, 0.6) is 0 Å². The summed E-state index contributed by atoms with van der Waals surface area (Å²) in [5, 5.41) is 5.87. The maximum absolute atomic E-state index is 12.4. The van der Waals surface area contributed by atoms with Gasteiger partial charge in [0.15, 0.2) is 0 Å². The molecule has 0 saturated carbocycles. The van der Waals surface area contributed by atoms with Crippen LogP contribution >= 0.6 is 11.6 Å². The number of nitrogens with zero attached hydrogens (tertiary/aromatic N) is 4. The zero-order chi connectivity index (χ0) is 17.8. The van der Waals surface area contributed by atoms with Gasteiger partial charge >= 0.3 is 6.09 Å². The van der Waals surface area contributed by atoms with Crippen LogP contribution < -0.4 is 0 Å². The van der Waals surface area contributed by atoms with Gasteiger partial charge in [0.05, 0.1) is 29.9 Å². The average Bonchev–Trinajstić information content (AvgIpc) is 3.04. The Morgan fingerprint density at radius 2 is 1.92 bits per heavy atom. The number of aryl methyl sites for hydroxylation is 1. The standard InChI is InChI=1S/C17H21ClN4O3/c1-2-25-17(24)21-10-8-20(9-11-21)16(23)6-7-22-15-5-3-4-14(18)13(15)12-19-22/h3-5,12H,2,6-11H2,1H3. The van der Waals surface area contributed by atoms with Crippen molar-refractivity contribution in [1.29, 1.82) is 0 Å². The fraction of sp³-hybridized carbons (Fsp3) is 0.471. The average molecular weight is 365 g/mol. The molecule has 1 aliphatic heterocycles. The Kier molecular flexibility index (Phi) is 5.43. The number of carbonyl (C=O) groups excluding carboxylic acids is 2. The third-order valence-corrected chi connectivity index (χ3v) is 4.66. The predicted molar refractivity (Wildman–Crippen MR) is 94.5 cm³/mol. The maximum Gasteiger partial charge on any atom is 0.409 e. The largest absolute Gasteiger partial charge is 0.450 e. The second-order valence-electron chi connectivity index (χ2n) is 5.86. The Morgan fingerprint density at radius 3 is 2.64 bits per heavy atom. The SMILES string of the molecule is CCOC(=O)N1CCN(C(=O)CCn2ncc3c(Cl)cccc32)CC1. The molecule has 0 bridgehead atoms. The van der Waals surface area contributed by atoms with E-state index < -0.39 is 0 Å². The summed E-state index contributed by atoms with van der Waals surface area (Å²) in [7, 11) is 0. The number of hydrogen-bond donors (Lipinski definition) is 0. The number of piperazine rings is 1. The molecule has 0 unspecified atom stereocenters. The lowest BCUT2D eigenvalue weighted by molar-refractivity contribution is -0.133. The summed E-state index contributed by atoms with van der Waals surface area (Å²) in [6, 6.07) is 5.64. The molecule has 25 heavy (non-hydrogen) atoms. The van der Waals surface area contributed by atoms with Gasteiger partial charge in [0.1, 0.15) is 0 Å². The molecular formula is C17H21ClN4O3. The molecule has 2 aromatic rings. The Morgan fingerprint density at radius 1 is 1.20 bits per heavy atom. The molecule has 0 atom stereocenters. The molecular weight excluding hydrogens is 344 g/mol. The highest BCUT2D eigenvalue weighted by molar-refractivity contribution is 6.35. The van der Waals surface area contributed by atoms with Crippen molar-refractivity contribution in [3.63, 3.8) is 0 Å². The number of ether oxygens (including phenoxy) is 1. The van der Waals surface area contributed by atoms with Crippen molar-refractivity contribution in [2.24, 2.45) is 0 Å². The van der Waals surface area contributed by atoms with Crippen LogP contribution in [0.1, 0.15) is 13.3 Å². The first-order chi connectivity index (χ1) is 12.1. The third-order valence-electron chi connectivity index (χ3n) is 4.33. The van der Waals surface area contributed by atoms with Crippen LogP contribution in [0.15, 0.2) is 24.4 Å². The summed E-state index contributed by atoms with van der Waals surface area (Å²) in [6.45, 7) is 4.72. The fourth-order valence-electron chi connectivity index (χ4n) is 2.96. The molecule has 0 N–H and O–H groups in total. The molecule has 1 aromatic heterocycles. The topological polar surface area (TPSA) is 67.7 Å². The highest BCUT2D eigenvalue weighted by atomic mass is 35.5. The summed E-state index contributed by atoms with van der Waals surface area (Å²) in [5.74, 6) is 0.0641. The minimum atomic E-state index is -0.311. The molecule has 1 saturated heterocycles. The molecule has 0 radical (unpaired) electrons. The maximum atomic E-state index is 12.4. The van der Waals surface area contributed by atoms with Crippen molar-refractivity contribution in [2.45, 2.75) is 19.9 Å². The van der Waals surface area contributed by atoms with Gasteiger partial charge in [-0.3, -0.25) is 9.48 Å². The van der Waals surface area contributed by atoms with Crippen LogP contribution in [-0.2, 0) is 16.1 Å².